The maximum absolute atomic E-state index is 3.56. The van der Waals surface area contributed by atoms with Gasteiger partial charge in [-0.2, -0.15) is 0 Å². The summed E-state index contributed by atoms with van der Waals surface area (Å²) in [6.45, 7) is 4.88. The van der Waals surface area contributed by atoms with Crippen molar-refractivity contribution in [3.8, 4) is 0 Å². The third kappa shape index (κ3) is 3.21. The number of hydrogen-bond donors (Lipinski definition) is 1. The predicted molar refractivity (Wildman–Crippen MR) is 69.7 cm³/mol. The van der Waals surface area contributed by atoms with Crippen LogP contribution in [0.3, 0.4) is 0 Å². The zero-order chi connectivity index (χ0) is 11.4. The number of rotatable bonds is 3. The Morgan fingerprint density at radius 3 is 2.31 bits per heavy atom. The van der Waals surface area contributed by atoms with Crippen LogP contribution in [0.5, 0.6) is 0 Å². The topological polar surface area (TPSA) is 15.3 Å². The van der Waals surface area contributed by atoms with E-state index in [4.69, 9.17) is 0 Å². The summed E-state index contributed by atoms with van der Waals surface area (Å²) in [6, 6.07) is 1.60. The Morgan fingerprint density at radius 1 is 1.06 bits per heavy atom. The zero-order valence-electron chi connectivity index (χ0n) is 11.0. The summed E-state index contributed by atoms with van der Waals surface area (Å²) in [5.74, 6) is 0.883. The van der Waals surface area contributed by atoms with E-state index >= 15 is 0 Å². The molecule has 16 heavy (non-hydrogen) atoms. The van der Waals surface area contributed by atoms with Crippen LogP contribution >= 0.6 is 0 Å². The van der Waals surface area contributed by atoms with Crippen molar-refractivity contribution in [2.45, 2.75) is 64.0 Å². The van der Waals surface area contributed by atoms with Gasteiger partial charge in [0.2, 0.25) is 0 Å². The smallest absolute Gasteiger partial charge is 0.00923 e. The van der Waals surface area contributed by atoms with Crippen molar-refractivity contribution in [1.82, 2.24) is 10.2 Å². The Kier molecular flexibility index (Phi) is 4.66. The molecule has 2 nitrogen and oxygen atoms in total. The molecular weight excluding hydrogens is 196 g/mol. The van der Waals surface area contributed by atoms with Gasteiger partial charge in [-0.25, -0.2) is 0 Å². The average Bonchev–Trinajstić information content (AvgIpc) is 2.57. The minimum Gasteiger partial charge on any atom is -0.314 e. The van der Waals surface area contributed by atoms with Crippen LogP contribution in [-0.4, -0.2) is 37.1 Å². The minimum atomic E-state index is 0.730. The molecule has 0 amide bonds. The van der Waals surface area contributed by atoms with Gasteiger partial charge in [-0.1, -0.05) is 25.7 Å². The molecule has 2 atom stereocenters. The fourth-order valence-electron chi connectivity index (χ4n) is 3.38. The van der Waals surface area contributed by atoms with E-state index in [0.717, 1.165) is 18.0 Å². The number of hydrogen-bond acceptors (Lipinski definition) is 2. The van der Waals surface area contributed by atoms with Gasteiger partial charge in [0.25, 0.3) is 0 Å². The van der Waals surface area contributed by atoms with Crippen molar-refractivity contribution in [3.63, 3.8) is 0 Å². The molecule has 2 unspecified atom stereocenters. The first-order valence-corrected chi connectivity index (χ1v) is 7.21. The Morgan fingerprint density at radius 2 is 1.75 bits per heavy atom. The van der Waals surface area contributed by atoms with Gasteiger partial charge in [0.05, 0.1) is 0 Å². The van der Waals surface area contributed by atoms with Crippen LogP contribution in [0.2, 0.25) is 0 Å². The molecule has 2 heteroatoms. The van der Waals surface area contributed by atoms with Gasteiger partial charge in [0.15, 0.2) is 0 Å². The fourth-order valence-corrected chi connectivity index (χ4v) is 3.38. The lowest BCUT2D eigenvalue weighted by Gasteiger charge is -2.30. The second kappa shape index (κ2) is 6.02. The van der Waals surface area contributed by atoms with Crippen LogP contribution in [0.4, 0.5) is 0 Å². The first kappa shape index (κ1) is 12.4. The van der Waals surface area contributed by atoms with Gasteiger partial charge in [-0.3, -0.25) is 0 Å². The van der Waals surface area contributed by atoms with E-state index in [1.807, 2.05) is 0 Å². The SMILES string of the molecule is CC1NCCC1CN(C)C1CCCCCC1. The highest BCUT2D eigenvalue weighted by atomic mass is 15.1. The van der Waals surface area contributed by atoms with Crippen LogP contribution in [0.25, 0.3) is 0 Å². The summed E-state index contributed by atoms with van der Waals surface area (Å²) in [5, 5.41) is 3.56. The number of nitrogens with one attached hydrogen (secondary N) is 1. The molecule has 0 aromatic carbocycles. The van der Waals surface area contributed by atoms with E-state index in [9.17, 15) is 0 Å². The summed E-state index contributed by atoms with van der Waals surface area (Å²) in [4.78, 5) is 2.65. The van der Waals surface area contributed by atoms with Crippen LogP contribution in [0.1, 0.15) is 51.9 Å². The Balaban J connectivity index is 1.79. The monoisotopic (exact) mass is 224 g/mol. The van der Waals surface area contributed by atoms with Gasteiger partial charge < -0.3 is 10.2 Å². The Labute approximate surface area is 101 Å². The van der Waals surface area contributed by atoms with Crippen molar-refractivity contribution >= 4 is 0 Å². The fraction of sp³-hybridized carbons (Fsp3) is 1.00. The second-order valence-electron chi connectivity index (χ2n) is 5.88. The van der Waals surface area contributed by atoms with Crippen molar-refractivity contribution in [3.05, 3.63) is 0 Å². The molecule has 1 saturated carbocycles. The lowest BCUT2D eigenvalue weighted by molar-refractivity contribution is 0.184. The molecule has 1 aliphatic carbocycles. The van der Waals surface area contributed by atoms with E-state index in [2.05, 4.69) is 24.2 Å². The third-order valence-electron chi connectivity index (χ3n) is 4.66. The molecule has 0 bridgehead atoms. The summed E-state index contributed by atoms with van der Waals surface area (Å²) in [7, 11) is 2.35. The van der Waals surface area contributed by atoms with Crippen molar-refractivity contribution in [2.24, 2.45) is 5.92 Å². The summed E-state index contributed by atoms with van der Waals surface area (Å²) in [5.41, 5.74) is 0. The molecule has 0 aromatic rings. The highest BCUT2D eigenvalue weighted by Gasteiger charge is 2.26. The highest BCUT2D eigenvalue weighted by Crippen LogP contribution is 2.23. The number of nitrogens with zero attached hydrogens (tertiary/aromatic N) is 1. The molecule has 0 spiro atoms. The van der Waals surface area contributed by atoms with Gasteiger partial charge in [0, 0.05) is 18.6 Å². The molecule has 1 N–H and O–H groups in total. The molecule has 1 heterocycles. The highest BCUT2D eigenvalue weighted by molar-refractivity contribution is 4.84. The summed E-state index contributed by atoms with van der Waals surface area (Å²) >= 11 is 0. The largest absolute Gasteiger partial charge is 0.314 e. The first-order valence-electron chi connectivity index (χ1n) is 7.21. The molecule has 0 radical (unpaired) electrons. The normalized spacial score (nSPS) is 33.2. The van der Waals surface area contributed by atoms with E-state index < -0.39 is 0 Å². The van der Waals surface area contributed by atoms with E-state index in [1.54, 1.807) is 0 Å². The second-order valence-corrected chi connectivity index (χ2v) is 5.88. The summed E-state index contributed by atoms with van der Waals surface area (Å²) < 4.78 is 0. The van der Waals surface area contributed by atoms with Gasteiger partial charge in [0.1, 0.15) is 0 Å². The molecule has 2 rings (SSSR count). The lowest BCUT2D eigenvalue weighted by atomic mass is 9.99. The van der Waals surface area contributed by atoms with Gasteiger partial charge in [-0.15, -0.1) is 0 Å². The minimum absolute atomic E-state index is 0.730. The lowest BCUT2D eigenvalue weighted by Crippen LogP contribution is -2.38. The zero-order valence-corrected chi connectivity index (χ0v) is 11.0. The van der Waals surface area contributed by atoms with Gasteiger partial charge >= 0.3 is 0 Å². The van der Waals surface area contributed by atoms with E-state index in [1.165, 1.54) is 58.0 Å². The maximum atomic E-state index is 3.56. The van der Waals surface area contributed by atoms with E-state index in [0.29, 0.717) is 0 Å². The van der Waals surface area contributed by atoms with Crippen LogP contribution in [0, 0.1) is 5.92 Å². The molecule has 94 valence electrons. The molecule has 2 aliphatic rings. The van der Waals surface area contributed by atoms with Gasteiger partial charge in [-0.05, 0) is 45.7 Å². The Bertz CT molecular complexity index is 197. The van der Waals surface area contributed by atoms with E-state index in [-0.39, 0.29) is 0 Å². The van der Waals surface area contributed by atoms with Crippen molar-refractivity contribution in [2.75, 3.05) is 20.1 Å². The maximum Gasteiger partial charge on any atom is 0.00923 e. The van der Waals surface area contributed by atoms with Crippen LogP contribution < -0.4 is 5.32 Å². The standard InChI is InChI=1S/C14H28N2/c1-12-13(9-10-15-12)11-16(2)14-7-5-3-4-6-8-14/h12-15H,3-11H2,1-2H3. The first-order chi connectivity index (χ1) is 7.77. The van der Waals surface area contributed by atoms with Crippen LogP contribution in [0.15, 0.2) is 0 Å². The molecule has 1 aliphatic heterocycles. The quantitative estimate of drug-likeness (QED) is 0.741. The van der Waals surface area contributed by atoms with Crippen molar-refractivity contribution < 1.29 is 0 Å². The molecular formula is C14H28N2. The van der Waals surface area contributed by atoms with Crippen molar-refractivity contribution in [1.29, 1.82) is 0 Å². The predicted octanol–water partition coefficient (Wildman–Crippen LogP) is 2.64. The van der Waals surface area contributed by atoms with Crippen LogP contribution in [-0.2, 0) is 0 Å². The average molecular weight is 224 g/mol. The Hall–Kier alpha value is -0.0800. The summed E-state index contributed by atoms with van der Waals surface area (Å²) in [6.07, 6.45) is 10.1. The molecule has 1 saturated heterocycles. The third-order valence-corrected chi connectivity index (χ3v) is 4.66. The molecule has 0 aromatic heterocycles. The molecule has 2 fully saturated rings.